The highest BCUT2D eigenvalue weighted by atomic mass is 32.1. The number of amides is 2. The number of halogens is 3. The molecule has 1 aromatic heterocycles. The SMILES string of the molecule is O=C(Nc1ccc(OCC(F)(F)F)cc1)[C@H]1CCCN(C(=O)c2cccs2)C1. The highest BCUT2D eigenvalue weighted by Gasteiger charge is 2.30. The van der Waals surface area contributed by atoms with Crippen LogP contribution in [0.5, 0.6) is 5.75 Å². The Morgan fingerprint density at radius 1 is 1.21 bits per heavy atom. The van der Waals surface area contributed by atoms with Crippen LogP contribution in [0.3, 0.4) is 0 Å². The van der Waals surface area contributed by atoms with Gasteiger partial charge in [-0.1, -0.05) is 6.07 Å². The monoisotopic (exact) mass is 412 g/mol. The van der Waals surface area contributed by atoms with E-state index >= 15 is 0 Å². The average Bonchev–Trinajstić information content (AvgIpc) is 3.21. The van der Waals surface area contributed by atoms with Gasteiger partial charge in [0.25, 0.3) is 5.91 Å². The fourth-order valence-electron chi connectivity index (χ4n) is 2.98. The molecular weight excluding hydrogens is 393 g/mol. The molecule has 0 spiro atoms. The molecule has 1 aliphatic heterocycles. The molecule has 0 saturated carbocycles. The maximum Gasteiger partial charge on any atom is 0.422 e. The van der Waals surface area contributed by atoms with Crippen molar-refractivity contribution < 1.29 is 27.5 Å². The lowest BCUT2D eigenvalue weighted by Gasteiger charge is -2.31. The van der Waals surface area contributed by atoms with Gasteiger partial charge >= 0.3 is 6.18 Å². The standard InChI is InChI=1S/C19H19F3N2O3S/c20-19(21,22)12-27-15-7-5-14(6-8-15)23-17(25)13-3-1-9-24(11-13)18(26)16-4-2-10-28-16/h2,4-8,10,13H,1,3,9,11-12H2,(H,23,25)/t13-/m0/s1. The van der Waals surface area contributed by atoms with Crippen molar-refractivity contribution in [3.8, 4) is 5.75 Å². The Kier molecular flexibility index (Phi) is 6.23. The zero-order valence-corrected chi connectivity index (χ0v) is 15.7. The molecule has 0 radical (unpaired) electrons. The number of thiophene rings is 1. The number of likely N-dealkylation sites (tertiary alicyclic amines) is 1. The second kappa shape index (κ2) is 8.64. The minimum absolute atomic E-state index is 0.0701. The number of ether oxygens (including phenoxy) is 1. The number of benzene rings is 1. The first-order valence-corrected chi connectivity index (χ1v) is 9.63. The molecule has 1 aliphatic rings. The van der Waals surface area contributed by atoms with Crippen molar-refractivity contribution in [1.82, 2.24) is 4.90 Å². The van der Waals surface area contributed by atoms with Gasteiger partial charge in [-0.15, -0.1) is 11.3 Å². The van der Waals surface area contributed by atoms with Crippen LogP contribution in [0.4, 0.5) is 18.9 Å². The molecule has 2 heterocycles. The van der Waals surface area contributed by atoms with Crippen LogP contribution in [-0.2, 0) is 4.79 Å². The Labute approximate surface area is 164 Å². The Morgan fingerprint density at radius 2 is 1.96 bits per heavy atom. The maximum atomic E-state index is 12.5. The first-order valence-electron chi connectivity index (χ1n) is 8.75. The van der Waals surface area contributed by atoms with Gasteiger partial charge in [-0.05, 0) is 48.6 Å². The lowest BCUT2D eigenvalue weighted by atomic mass is 9.97. The summed E-state index contributed by atoms with van der Waals surface area (Å²) in [5.41, 5.74) is 0.464. The summed E-state index contributed by atoms with van der Waals surface area (Å²) in [6.45, 7) is -0.407. The van der Waals surface area contributed by atoms with Gasteiger partial charge in [0.05, 0.1) is 10.8 Å². The summed E-state index contributed by atoms with van der Waals surface area (Å²) in [6, 6.07) is 9.29. The fraction of sp³-hybridized carbons (Fsp3) is 0.368. The molecule has 1 N–H and O–H groups in total. The summed E-state index contributed by atoms with van der Waals surface area (Å²) in [5.74, 6) is -0.550. The van der Waals surface area contributed by atoms with E-state index in [0.717, 1.165) is 6.42 Å². The molecule has 1 atom stereocenters. The van der Waals surface area contributed by atoms with E-state index in [9.17, 15) is 22.8 Å². The van der Waals surface area contributed by atoms with Gasteiger partial charge in [-0.3, -0.25) is 9.59 Å². The quantitative estimate of drug-likeness (QED) is 0.802. The largest absolute Gasteiger partial charge is 0.484 e. The second-order valence-corrected chi connectivity index (χ2v) is 7.43. The predicted molar refractivity (Wildman–Crippen MR) is 99.6 cm³/mol. The topological polar surface area (TPSA) is 58.6 Å². The number of nitrogens with one attached hydrogen (secondary N) is 1. The van der Waals surface area contributed by atoms with E-state index in [1.54, 1.807) is 11.0 Å². The van der Waals surface area contributed by atoms with Gasteiger partial charge in [0.15, 0.2) is 6.61 Å². The zero-order chi connectivity index (χ0) is 20.1. The van der Waals surface area contributed by atoms with Crippen LogP contribution >= 0.6 is 11.3 Å². The van der Waals surface area contributed by atoms with Crippen molar-refractivity contribution in [2.45, 2.75) is 19.0 Å². The van der Waals surface area contributed by atoms with Crippen molar-refractivity contribution in [3.63, 3.8) is 0 Å². The van der Waals surface area contributed by atoms with Crippen LogP contribution in [0, 0.1) is 5.92 Å². The molecule has 5 nitrogen and oxygen atoms in total. The van der Waals surface area contributed by atoms with Crippen LogP contribution in [0.1, 0.15) is 22.5 Å². The van der Waals surface area contributed by atoms with Crippen molar-refractivity contribution in [2.24, 2.45) is 5.92 Å². The van der Waals surface area contributed by atoms with E-state index in [-0.39, 0.29) is 23.5 Å². The third-order valence-electron chi connectivity index (χ3n) is 4.34. The molecule has 0 aliphatic carbocycles. The van der Waals surface area contributed by atoms with Gasteiger partial charge in [-0.2, -0.15) is 13.2 Å². The maximum absolute atomic E-state index is 12.5. The molecule has 0 unspecified atom stereocenters. The van der Waals surface area contributed by atoms with Crippen molar-refractivity contribution in [3.05, 3.63) is 46.7 Å². The van der Waals surface area contributed by atoms with Crippen molar-refractivity contribution in [2.75, 3.05) is 25.0 Å². The average molecular weight is 412 g/mol. The van der Waals surface area contributed by atoms with E-state index in [1.165, 1.54) is 35.6 Å². The Morgan fingerprint density at radius 3 is 2.61 bits per heavy atom. The number of hydrogen-bond donors (Lipinski definition) is 1. The van der Waals surface area contributed by atoms with Crippen molar-refractivity contribution >= 4 is 28.8 Å². The molecular formula is C19H19F3N2O3S. The molecule has 1 fully saturated rings. The van der Waals surface area contributed by atoms with Gasteiger partial charge in [-0.25, -0.2) is 0 Å². The molecule has 3 rings (SSSR count). The highest BCUT2D eigenvalue weighted by molar-refractivity contribution is 7.12. The molecule has 2 amide bonds. The predicted octanol–water partition coefficient (Wildman–Crippen LogP) is 4.18. The van der Waals surface area contributed by atoms with Crippen LogP contribution in [0.2, 0.25) is 0 Å². The van der Waals surface area contributed by atoms with E-state index in [0.29, 0.717) is 30.1 Å². The summed E-state index contributed by atoms with van der Waals surface area (Å²) in [4.78, 5) is 27.3. The van der Waals surface area contributed by atoms with Crippen LogP contribution in [0.25, 0.3) is 0 Å². The number of alkyl halides is 3. The number of rotatable bonds is 5. The smallest absolute Gasteiger partial charge is 0.422 e. The number of hydrogen-bond acceptors (Lipinski definition) is 4. The second-order valence-electron chi connectivity index (χ2n) is 6.49. The van der Waals surface area contributed by atoms with E-state index < -0.39 is 12.8 Å². The summed E-state index contributed by atoms with van der Waals surface area (Å²) in [5, 5.41) is 4.59. The Balaban J connectivity index is 1.54. The van der Waals surface area contributed by atoms with Crippen molar-refractivity contribution in [1.29, 1.82) is 0 Å². The van der Waals surface area contributed by atoms with Crippen LogP contribution in [0.15, 0.2) is 41.8 Å². The lowest BCUT2D eigenvalue weighted by molar-refractivity contribution is -0.153. The molecule has 28 heavy (non-hydrogen) atoms. The molecule has 9 heteroatoms. The first kappa shape index (κ1) is 20.2. The third-order valence-corrected chi connectivity index (χ3v) is 5.19. The molecule has 1 saturated heterocycles. The normalized spacial score (nSPS) is 17.2. The number of carbonyl (C=O) groups is 2. The van der Waals surface area contributed by atoms with E-state index in [4.69, 9.17) is 0 Å². The Bertz CT molecular complexity index is 807. The van der Waals surface area contributed by atoms with Gasteiger partial charge in [0.1, 0.15) is 5.75 Å². The third kappa shape index (κ3) is 5.48. The molecule has 150 valence electrons. The molecule has 0 bridgehead atoms. The van der Waals surface area contributed by atoms with Gasteiger partial charge in [0.2, 0.25) is 5.91 Å². The number of carbonyl (C=O) groups excluding carboxylic acids is 2. The zero-order valence-electron chi connectivity index (χ0n) is 14.9. The fourth-order valence-corrected chi connectivity index (χ4v) is 3.67. The van der Waals surface area contributed by atoms with Gasteiger partial charge < -0.3 is 15.0 Å². The van der Waals surface area contributed by atoms with Crippen LogP contribution < -0.4 is 10.1 Å². The van der Waals surface area contributed by atoms with E-state index in [2.05, 4.69) is 10.1 Å². The van der Waals surface area contributed by atoms with Gasteiger partial charge in [0, 0.05) is 18.8 Å². The summed E-state index contributed by atoms with van der Waals surface area (Å²) in [6.07, 6.45) is -2.99. The molecule has 1 aromatic carbocycles. The number of anilines is 1. The van der Waals surface area contributed by atoms with Crippen LogP contribution in [-0.4, -0.2) is 42.6 Å². The summed E-state index contributed by atoms with van der Waals surface area (Å²) in [7, 11) is 0. The van der Waals surface area contributed by atoms with E-state index in [1.807, 2.05) is 11.4 Å². The summed E-state index contributed by atoms with van der Waals surface area (Å²) < 4.78 is 41.1. The first-order chi connectivity index (χ1) is 13.3. The Hall–Kier alpha value is -2.55. The summed E-state index contributed by atoms with van der Waals surface area (Å²) >= 11 is 1.37. The number of piperidine rings is 1. The number of nitrogens with zero attached hydrogens (tertiary/aromatic N) is 1. The highest BCUT2D eigenvalue weighted by Crippen LogP contribution is 2.23. The molecule has 2 aromatic rings. The minimum atomic E-state index is -4.40. The minimum Gasteiger partial charge on any atom is -0.484 e. The lowest BCUT2D eigenvalue weighted by Crippen LogP contribution is -2.43.